The lowest BCUT2D eigenvalue weighted by atomic mass is 10.1. The Bertz CT molecular complexity index is 804. The molecule has 1 saturated carbocycles. The summed E-state index contributed by atoms with van der Waals surface area (Å²) < 4.78 is 8.80. The molecular formula is C20H25N5OS. The second-order valence-corrected chi connectivity index (χ2v) is 7.30. The van der Waals surface area contributed by atoms with Crippen molar-refractivity contribution in [3.8, 4) is 5.88 Å². The van der Waals surface area contributed by atoms with Crippen molar-refractivity contribution in [1.29, 1.82) is 0 Å². The molecule has 7 heteroatoms. The summed E-state index contributed by atoms with van der Waals surface area (Å²) in [5.41, 5.74) is 9.45. The van der Waals surface area contributed by atoms with Gasteiger partial charge in [-0.25, -0.2) is 4.98 Å². The van der Waals surface area contributed by atoms with Crippen molar-refractivity contribution in [2.24, 2.45) is 5.73 Å². The average molecular weight is 384 g/mol. The van der Waals surface area contributed by atoms with Crippen molar-refractivity contribution in [3.05, 3.63) is 60.5 Å². The maximum atomic E-state index is 5.76. The normalized spacial score (nSPS) is 14.5. The van der Waals surface area contributed by atoms with Gasteiger partial charge < -0.3 is 15.2 Å². The van der Waals surface area contributed by atoms with Gasteiger partial charge in [-0.05, 0) is 56.7 Å². The van der Waals surface area contributed by atoms with Gasteiger partial charge in [0.1, 0.15) is 0 Å². The van der Waals surface area contributed by atoms with Gasteiger partial charge in [-0.2, -0.15) is 0 Å². The molecule has 0 bridgehead atoms. The van der Waals surface area contributed by atoms with Gasteiger partial charge in [-0.15, -0.1) is 0 Å². The first-order valence-corrected chi connectivity index (χ1v) is 10.1. The number of rotatable bonds is 10. The lowest BCUT2D eigenvalue weighted by Gasteiger charge is -2.06. The molecule has 2 aromatic rings. The highest BCUT2D eigenvalue weighted by atomic mass is 32.2. The van der Waals surface area contributed by atoms with Crippen molar-refractivity contribution < 1.29 is 4.74 Å². The lowest BCUT2D eigenvalue weighted by molar-refractivity contribution is 0.325. The Morgan fingerprint density at radius 2 is 2.30 bits per heavy atom. The van der Waals surface area contributed by atoms with Crippen molar-refractivity contribution >= 4 is 23.2 Å². The summed E-state index contributed by atoms with van der Waals surface area (Å²) in [6, 6.07) is 4.12. The van der Waals surface area contributed by atoms with E-state index < -0.39 is 0 Å². The number of hydrogen-bond donors (Lipinski definition) is 2. The Balaban J connectivity index is 1.53. The molecule has 6 nitrogen and oxygen atoms in total. The van der Waals surface area contributed by atoms with Crippen LogP contribution in [0.4, 0.5) is 5.69 Å². The maximum Gasteiger partial charge on any atom is 0.232 e. The molecule has 2 aromatic heterocycles. The Hall–Kier alpha value is -2.54. The highest BCUT2D eigenvalue weighted by Gasteiger charge is 2.21. The van der Waals surface area contributed by atoms with Crippen LogP contribution >= 0.6 is 11.9 Å². The number of aryl methyl sites for hydroxylation is 1. The summed E-state index contributed by atoms with van der Waals surface area (Å²) in [5, 5.41) is 0.773. The van der Waals surface area contributed by atoms with Crippen LogP contribution in [-0.2, 0) is 6.42 Å². The van der Waals surface area contributed by atoms with Crippen LogP contribution in [0, 0.1) is 0 Å². The minimum Gasteiger partial charge on any atom is -0.477 e. The standard InChI is InChI=1S/C20H25N5OS/c1-2-26-20-14-22-13-19(24-20)15(12-21)5-3-4-6-16-11-17(9-10-23-16)25-27-18-7-8-18/h3,5,9-14,18H,2,4,6-8,21H2,1H3,(H,23,25)/b5-3-,15-12+. The van der Waals surface area contributed by atoms with Crippen LogP contribution in [0.3, 0.4) is 0 Å². The fourth-order valence-electron chi connectivity index (χ4n) is 2.39. The number of allylic oxidation sites excluding steroid dienone is 3. The lowest BCUT2D eigenvalue weighted by Crippen LogP contribution is -1.99. The molecule has 0 aliphatic heterocycles. The van der Waals surface area contributed by atoms with E-state index in [0.717, 1.165) is 35.0 Å². The summed E-state index contributed by atoms with van der Waals surface area (Å²) in [4.78, 5) is 13.0. The molecule has 2 heterocycles. The summed E-state index contributed by atoms with van der Waals surface area (Å²) in [7, 11) is 0. The predicted molar refractivity (Wildman–Crippen MR) is 111 cm³/mol. The van der Waals surface area contributed by atoms with E-state index in [0.29, 0.717) is 18.2 Å². The highest BCUT2D eigenvalue weighted by molar-refractivity contribution is 8.01. The van der Waals surface area contributed by atoms with E-state index in [4.69, 9.17) is 10.5 Å². The predicted octanol–water partition coefficient (Wildman–Crippen LogP) is 3.98. The minimum absolute atomic E-state index is 0.500. The van der Waals surface area contributed by atoms with Gasteiger partial charge >= 0.3 is 0 Å². The van der Waals surface area contributed by atoms with Crippen LogP contribution in [0.2, 0.25) is 0 Å². The van der Waals surface area contributed by atoms with E-state index in [1.807, 2.05) is 25.3 Å². The molecule has 142 valence electrons. The third kappa shape index (κ3) is 6.29. The molecule has 0 saturated heterocycles. The second-order valence-electron chi connectivity index (χ2n) is 6.19. The first-order chi connectivity index (χ1) is 13.3. The van der Waals surface area contributed by atoms with Crippen LogP contribution in [-0.4, -0.2) is 26.8 Å². The van der Waals surface area contributed by atoms with E-state index in [2.05, 4.69) is 31.8 Å². The molecule has 0 unspecified atom stereocenters. The van der Waals surface area contributed by atoms with Gasteiger partial charge in [0.15, 0.2) is 0 Å². The van der Waals surface area contributed by atoms with E-state index >= 15 is 0 Å². The highest BCUT2D eigenvalue weighted by Crippen LogP contribution is 2.34. The van der Waals surface area contributed by atoms with Gasteiger partial charge in [0, 0.05) is 34.6 Å². The molecule has 0 spiro atoms. The molecular weight excluding hydrogens is 358 g/mol. The average Bonchev–Trinajstić information content (AvgIpc) is 3.52. The molecule has 3 rings (SSSR count). The summed E-state index contributed by atoms with van der Waals surface area (Å²) in [6.07, 6.45) is 15.1. The number of hydrogen-bond acceptors (Lipinski definition) is 7. The number of aromatic nitrogens is 3. The largest absolute Gasteiger partial charge is 0.477 e. The molecule has 0 amide bonds. The van der Waals surface area contributed by atoms with Crippen molar-refractivity contribution in [1.82, 2.24) is 15.0 Å². The van der Waals surface area contributed by atoms with Gasteiger partial charge in [-0.3, -0.25) is 9.97 Å². The third-order valence-electron chi connectivity index (χ3n) is 3.93. The number of nitrogens with two attached hydrogens (primary N) is 1. The summed E-state index contributed by atoms with van der Waals surface area (Å²) in [5.74, 6) is 0.500. The monoisotopic (exact) mass is 383 g/mol. The first-order valence-electron chi connectivity index (χ1n) is 9.18. The minimum atomic E-state index is 0.500. The maximum absolute atomic E-state index is 5.76. The fourth-order valence-corrected chi connectivity index (χ4v) is 3.19. The number of nitrogens with zero attached hydrogens (tertiary/aromatic N) is 3. The number of nitrogens with one attached hydrogen (secondary N) is 1. The Kier molecular flexibility index (Phi) is 7.10. The van der Waals surface area contributed by atoms with Gasteiger partial charge in [-0.1, -0.05) is 12.2 Å². The Morgan fingerprint density at radius 3 is 3.07 bits per heavy atom. The number of pyridine rings is 1. The Morgan fingerprint density at radius 1 is 1.41 bits per heavy atom. The molecule has 0 radical (unpaired) electrons. The molecule has 0 atom stereocenters. The van der Waals surface area contributed by atoms with E-state index in [1.54, 1.807) is 24.3 Å². The van der Waals surface area contributed by atoms with E-state index in [9.17, 15) is 0 Å². The first kappa shape index (κ1) is 19.2. The SMILES string of the molecule is CCOc1cncc(C(/C=C\CCc2cc(NSC3CC3)ccn2)=C/N)n1. The Labute approximate surface area is 164 Å². The molecule has 27 heavy (non-hydrogen) atoms. The number of anilines is 1. The molecule has 0 aromatic carbocycles. The zero-order valence-electron chi connectivity index (χ0n) is 15.5. The smallest absolute Gasteiger partial charge is 0.232 e. The van der Waals surface area contributed by atoms with Gasteiger partial charge in [0.05, 0.1) is 24.7 Å². The van der Waals surface area contributed by atoms with Crippen LogP contribution in [0.1, 0.15) is 37.6 Å². The van der Waals surface area contributed by atoms with Crippen LogP contribution in [0.25, 0.3) is 5.57 Å². The third-order valence-corrected chi connectivity index (χ3v) is 5.09. The number of ether oxygens (including phenoxy) is 1. The second kappa shape index (κ2) is 9.97. The zero-order chi connectivity index (χ0) is 18.9. The van der Waals surface area contributed by atoms with Gasteiger partial charge in [0.25, 0.3) is 0 Å². The van der Waals surface area contributed by atoms with Crippen molar-refractivity contribution in [2.75, 3.05) is 11.3 Å². The summed E-state index contributed by atoms with van der Waals surface area (Å²) >= 11 is 1.81. The topological polar surface area (TPSA) is 86.0 Å². The van der Waals surface area contributed by atoms with Crippen LogP contribution < -0.4 is 15.2 Å². The molecule has 1 aliphatic rings. The van der Waals surface area contributed by atoms with E-state index in [1.165, 1.54) is 19.0 Å². The molecule has 1 aliphatic carbocycles. The van der Waals surface area contributed by atoms with Crippen LogP contribution in [0.15, 0.2) is 49.1 Å². The fraction of sp³-hybridized carbons (Fsp3) is 0.350. The molecule has 1 fully saturated rings. The van der Waals surface area contributed by atoms with Crippen molar-refractivity contribution in [2.45, 2.75) is 37.9 Å². The zero-order valence-corrected chi connectivity index (χ0v) is 16.3. The van der Waals surface area contributed by atoms with Crippen LogP contribution in [0.5, 0.6) is 5.88 Å². The van der Waals surface area contributed by atoms with Crippen molar-refractivity contribution in [3.63, 3.8) is 0 Å². The van der Waals surface area contributed by atoms with Gasteiger partial charge in [0.2, 0.25) is 5.88 Å². The molecule has 3 N–H and O–H groups in total. The summed E-state index contributed by atoms with van der Waals surface area (Å²) in [6.45, 7) is 2.47. The quantitative estimate of drug-likeness (QED) is 0.474. The van der Waals surface area contributed by atoms with E-state index in [-0.39, 0.29) is 0 Å².